The zero-order chi connectivity index (χ0) is 38.6. The molecule has 270 valence electrons. The van der Waals surface area contributed by atoms with Crippen molar-refractivity contribution < 1.29 is 0 Å². The van der Waals surface area contributed by atoms with E-state index in [2.05, 4.69) is 152 Å². The highest BCUT2D eigenvalue weighted by molar-refractivity contribution is 7.99. The Kier molecular flexibility index (Phi) is 8.03. The molecule has 2 heterocycles. The SMILES string of the molecule is N#Cc1ccccc1-c1cccc2c1-c1c(-c3ccc(-c4cc(-c5ccccc5)nc(-c5ccccc5)n4)cc3)cccc1C21c2ccccc2Sc2ccccc21. The Labute approximate surface area is 342 Å². The number of aromatic nitrogens is 2. The monoisotopic (exact) mass is 755 g/mol. The van der Waals surface area contributed by atoms with E-state index in [9.17, 15) is 5.26 Å². The zero-order valence-electron chi connectivity index (χ0n) is 31.3. The lowest BCUT2D eigenvalue weighted by Gasteiger charge is -2.39. The fourth-order valence-corrected chi connectivity index (χ4v) is 10.3. The molecule has 9 aromatic rings. The van der Waals surface area contributed by atoms with Gasteiger partial charge in [0.2, 0.25) is 0 Å². The molecule has 0 saturated heterocycles. The summed E-state index contributed by atoms with van der Waals surface area (Å²) in [4.78, 5) is 12.6. The third-order valence-corrected chi connectivity index (χ3v) is 12.8. The quantitative estimate of drug-likeness (QED) is 0.175. The number of nitriles is 1. The number of hydrogen-bond donors (Lipinski definition) is 0. The molecule has 3 nitrogen and oxygen atoms in total. The van der Waals surface area contributed by atoms with Gasteiger partial charge in [0.25, 0.3) is 0 Å². The van der Waals surface area contributed by atoms with Crippen LogP contribution in [0.25, 0.3) is 67.3 Å². The van der Waals surface area contributed by atoms with Crippen molar-refractivity contribution in [3.8, 4) is 73.4 Å². The van der Waals surface area contributed by atoms with Gasteiger partial charge in [-0.2, -0.15) is 5.26 Å². The molecule has 58 heavy (non-hydrogen) atoms. The molecular weight excluding hydrogens is 723 g/mol. The Morgan fingerprint density at radius 2 is 0.862 bits per heavy atom. The summed E-state index contributed by atoms with van der Waals surface area (Å²) in [5.41, 5.74) is 16.6. The summed E-state index contributed by atoms with van der Waals surface area (Å²) < 4.78 is 0. The zero-order valence-corrected chi connectivity index (χ0v) is 32.1. The number of benzene rings is 8. The molecule has 0 N–H and O–H groups in total. The van der Waals surface area contributed by atoms with E-state index in [4.69, 9.17) is 9.97 Å². The summed E-state index contributed by atoms with van der Waals surface area (Å²) in [6, 6.07) is 73.1. The molecule has 0 fully saturated rings. The molecule has 0 amide bonds. The second kappa shape index (κ2) is 13.7. The molecule has 0 saturated carbocycles. The van der Waals surface area contributed by atoms with Gasteiger partial charge in [-0.3, -0.25) is 0 Å². The Hall–Kier alpha value is -7.32. The highest BCUT2D eigenvalue weighted by Gasteiger charge is 2.51. The van der Waals surface area contributed by atoms with Crippen LogP contribution in [-0.2, 0) is 5.41 Å². The van der Waals surface area contributed by atoms with E-state index in [1.165, 1.54) is 43.2 Å². The van der Waals surface area contributed by atoms with Crippen LogP contribution in [0.5, 0.6) is 0 Å². The molecular formula is C54H33N3S. The standard InChI is InChI=1S/C54H33N3S/c55-34-39-19-7-8-20-40(39)42-22-14-26-46-52(42)51-41(21-13-25-45(51)54(46)43-23-9-11-27-49(43)58-50-28-12-10-24-44(50)54)35-29-31-37(32-30-35)48-33-47(36-15-3-1-4-16-36)56-53(57-48)38-17-5-2-6-18-38/h1-33H. The van der Waals surface area contributed by atoms with E-state index in [1.54, 1.807) is 0 Å². The molecule has 0 bridgehead atoms. The van der Waals surface area contributed by atoms with Crippen LogP contribution < -0.4 is 0 Å². The molecule has 8 aromatic carbocycles. The van der Waals surface area contributed by atoms with Crippen molar-refractivity contribution in [1.29, 1.82) is 5.26 Å². The maximum atomic E-state index is 10.4. The van der Waals surface area contributed by atoms with E-state index >= 15 is 0 Å². The first kappa shape index (κ1) is 34.0. The summed E-state index contributed by atoms with van der Waals surface area (Å²) in [5.74, 6) is 0.695. The molecule has 0 unspecified atom stereocenters. The van der Waals surface area contributed by atoms with Crippen molar-refractivity contribution in [2.45, 2.75) is 15.2 Å². The molecule has 4 heteroatoms. The van der Waals surface area contributed by atoms with E-state index in [0.717, 1.165) is 50.3 Å². The second-order valence-electron chi connectivity index (χ2n) is 14.7. The Morgan fingerprint density at radius 3 is 1.50 bits per heavy atom. The summed E-state index contributed by atoms with van der Waals surface area (Å²) >= 11 is 1.84. The highest BCUT2D eigenvalue weighted by atomic mass is 32.2. The van der Waals surface area contributed by atoms with Crippen LogP contribution in [0.2, 0.25) is 0 Å². The molecule has 1 aliphatic heterocycles. The molecule has 11 rings (SSSR count). The lowest BCUT2D eigenvalue weighted by atomic mass is 9.67. The topological polar surface area (TPSA) is 49.6 Å². The van der Waals surface area contributed by atoms with Gasteiger partial charge in [0.05, 0.1) is 28.4 Å². The second-order valence-corrected chi connectivity index (χ2v) is 15.8. The first-order valence-electron chi connectivity index (χ1n) is 19.5. The fourth-order valence-electron chi connectivity index (χ4n) is 9.16. The lowest BCUT2D eigenvalue weighted by Crippen LogP contribution is -2.31. The van der Waals surface area contributed by atoms with E-state index < -0.39 is 5.41 Å². The van der Waals surface area contributed by atoms with Crippen LogP contribution in [-0.4, -0.2) is 9.97 Å². The van der Waals surface area contributed by atoms with E-state index in [1.807, 2.05) is 66.4 Å². The van der Waals surface area contributed by atoms with Gasteiger partial charge < -0.3 is 0 Å². The van der Waals surface area contributed by atoms with Gasteiger partial charge in [0.15, 0.2) is 5.82 Å². The first-order valence-corrected chi connectivity index (χ1v) is 20.3. The van der Waals surface area contributed by atoms with Crippen LogP contribution >= 0.6 is 11.8 Å². The number of nitrogens with zero attached hydrogens (tertiary/aromatic N) is 3. The molecule has 1 spiro atoms. The van der Waals surface area contributed by atoms with Gasteiger partial charge >= 0.3 is 0 Å². The van der Waals surface area contributed by atoms with Gasteiger partial charge in [-0.25, -0.2) is 9.97 Å². The Morgan fingerprint density at radius 1 is 0.397 bits per heavy atom. The molecule has 2 aliphatic rings. The van der Waals surface area contributed by atoms with Gasteiger partial charge in [-0.05, 0) is 74.3 Å². The fraction of sp³-hybridized carbons (Fsp3) is 0.0185. The van der Waals surface area contributed by atoms with Gasteiger partial charge in [-0.15, -0.1) is 0 Å². The van der Waals surface area contributed by atoms with Crippen LogP contribution in [0.15, 0.2) is 210 Å². The maximum absolute atomic E-state index is 10.4. The van der Waals surface area contributed by atoms with Crippen molar-refractivity contribution in [2.24, 2.45) is 0 Å². The van der Waals surface area contributed by atoms with Crippen LogP contribution in [0.1, 0.15) is 27.8 Å². The summed E-state index contributed by atoms with van der Waals surface area (Å²) in [7, 11) is 0. The van der Waals surface area contributed by atoms with E-state index in [0.29, 0.717) is 11.4 Å². The van der Waals surface area contributed by atoms with Crippen molar-refractivity contribution in [3.63, 3.8) is 0 Å². The number of rotatable bonds is 5. The van der Waals surface area contributed by atoms with Gasteiger partial charge in [0.1, 0.15) is 0 Å². The minimum absolute atomic E-state index is 0.556. The van der Waals surface area contributed by atoms with Crippen molar-refractivity contribution in [2.75, 3.05) is 0 Å². The molecule has 0 atom stereocenters. The molecule has 0 radical (unpaired) electrons. The minimum Gasteiger partial charge on any atom is -0.228 e. The Balaban J connectivity index is 1.14. The highest BCUT2D eigenvalue weighted by Crippen LogP contribution is 2.64. The van der Waals surface area contributed by atoms with Crippen LogP contribution in [0, 0.1) is 11.3 Å². The van der Waals surface area contributed by atoms with Gasteiger partial charge in [0, 0.05) is 32.0 Å². The largest absolute Gasteiger partial charge is 0.228 e. The smallest absolute Gasteiger partial charge is 0.160 e. The predicted molar refractivity (Wildman–Crippen MR) is 235 cm³/mol. The normalized spacial score (nSPS) is 12.9. The number of fused-ring (bicyclic) bond motifs is 9. The first-order chi connectivity index (χ1) is 28.7. The van der Waals surface area contributed by atoms with Crippen LogP contribution in [0.3, 0.4) is 0 Å². The van der Waals surface area contributed by atoms with E-state index in [-0.39, 0.29) is 0 Å². The van der Waals surface area contributed by atoms with Crippen LogP contribution in [0.4, 0.5) is 0 Å². The van der Waals surface area contributed by atoms with Crippen molar-refractivity contribution in [3.05, 3.63) is 228 Å². The average molecular weight is 756 g/mol. The minimum atomic E-state index is -0.556. The Bertz CT molecular complexity index is 2990. The molecule has 1 aromatic heterocycles. The number of hydrogen-bond acceptors (Lipinski definition) is 4. The summed E-state index contributed by atoms with van der Waals surface area (Å²) in [6.07, 6.45) is 0. The third kappa shape index (κ3) is 5.21. The molecule has 1 aliphatic carbocycles. The summed E-state index contributed by atoms with van der Waals surface area (Å²) in [5, 5.41) is 10.4. The van der Waals surface area contributed by atoms with Gasteiger partial charge in [-0.1, -0.05) is 188 Å². The maximum Gasteiger partial charge on any atom is 0.160 e. The third-order valence-electron chi connectivity index (χ3n) is 11.6. The lowest BCUT2D eigenvalue weighted by molar-refractivity contribution is 0.722. The average Bonchev–Trinajstić information content (AvgIpc) is 3.60. The van der Waals surface area contributed by atoms with Crippen molar-refractivity contribution in [1.82, 2.24) is 9.97 Å². The van der Waals surface area contributed by atoms with Crippen molar-refractivity contribution >= 4 is 11.8 Å². The predicted octanol–water partition coefficient (Wildman–Crippen LogP) is 13.5. The summed E-state index contributed by atoms with van der Waals surface area (Å²) in [6.45, 7) is 0.